The molecule has 1 N–H and O–H groups in total. The second-order valence-corrected chi connectivity index (χ2v) is 5.08. The molecule has 0 aliphatic carbocycles. The molecule has 100 valence electrons. The molecule has 5 nitrogen and oxygen atoms in total. The molecule has 0 fully saturated rings. The molecule has 0 amide bonds. The largest absolute Gasteiger partial charge is 0.475 e. The van der Waals surface area contributed by atoms with Gasteiger partial charge in [0.2, 0.25) is 0 Å². The van der Waals surface area contributed by atoms with Crippen LogP contribution in [0.1, 0.15) is 36.2 Å². The Labute approximate surface area is 119 Å². The molecule has 1 heterocycles. The maximum Gasteiger partial charge on any atom is 0.375 e. The minimum absolute atomic E-state index is 0.0232. The summed E-state index contributed by atoms with van der Waals surface area (Å²) in [5.41, 5.74) is 0.623. The fourth-order valence-electron chi connectivity index (χ4n) is 1.60. The van der Waals surface area contributed by atoms with Crippen LogP contribution in [0.15, 0.2) is 18.2 Å². The van der Waals surface area contributed by atoms with Crippen LogP contribution in [-0.4, -0.2) is 25.8 Å². The van der Waals surface area contributed by atoms with Gasteiger partial charge in [0, 0.05) is 5.92 Å². The lowest BCUT2D eigenvalue weighted by Crippen LogP contribution is -2.05. The smallest absolute Gasteiger partial charge is 0.375 e. The average Bonchev–Trinajstić information content (AvgIpc) is 2.78. The highest BCUT2D eigenvalue weighted by molar-refractivity contribution is 6.42. The summed E-state index contributed by atoms with van der Waals surface area (Å²) in [6, 6.07) is 4.96. The number of aromatic carboxylic acids is 1. The van der Waals surface area contributed by atoms with Crippen LogP contribution in [0.25, 0.3) is 5.69 Å². The van der Waals surface area contributed by atoms with Gasteiger partial charge in [-0.25, -0.2) is 14.5 Å². The zero-order chi connectivity index (χ0) is 14.2. The van der Waals surface area contributed by atoms with Gasteiger partial charge in [-0.15, -0.1) is 5.10 Å². The fraction of sp³-hybridized carbons (Fsp3) is 0.250. The van der Waals surface area contributed by atoms with E-state index in [0.717, 1.165) is 0 Å². The number of halogens is 2. The highest BCUT2D eigenvalue weighted by Crippen LogP contribution is 2.26. The molecule has 0 bridgehead atoms. The summed E-state index contributed by atoms with van der Waals surface area (Å²) in [6.45, 7) is 3.81. The van der Waals surface area contributed by atoms with Gasteiger partial charge in [0.05, 0.1) is 15.7 Å². The molecule has 0 aliphatic rings. The van der Waals surface area contributed by atoms with E-state index in [9.17, 15) is 4.79 Å². The van der Waals surface area contributed by atoms with Gasteiger partial charge >= 0.3 is 5.97 Å². The van der Waals surface area contributed by atoms with Crippen LogP contribution in [-0.2, 0) is 0 Å². The molecule has 0 aliphatic heterocycles. The van der Waals surface area contributed by atoms with Crippen LogP contribution in [0, 0.1) is 0 Å². The van der Waals surface area contributed by atoms with Crippen molar-refractivity contribution in [3.8, 4) is 5.69 Å². The molecule has 2 rings (SSSR count). The Morgan fingerprint density at radius 1 is 1.32 bits per heavy atom. The normalized spacial score (nSPS) is 11.0. The molecule has 1 aromatic carbocycles. The van der Waals surface area contributed by atoms with E-state index in [1.807, 2.05) is 13.8 Å². The topological polar surface area (TPSA) is 68.0 Å². The van der Waals surface area contributed by atoms with Crippen LogP contribution < -0.4 is 0 Å². The maximum absolute atomic E-state index is 11.0. The molecule has 0 radical (unpaired) electrons. The van der Waals surface area contributed by atoms with E-state index in [1.165, 1.54) is 4.68 Å². The molecule has 0 spiro atoms. The van der Waals surface area contributed by atoms with E-state index in [1.54, 1.807) is 18.2 Å². The quantitative estimate of drug-likeness (QED) is 0.943. The van der Waals surface area contributed by atoms with Crippen molar-refractivity contribution in [1.82, 2.24) is 14.8 Å². The fourth-order valence-corrected chi connectivity index (χ4v) is 1.89. The zero-order valence-electron chi connectivity index (χ0n) is 10.3. The van der Waals surface area contributed by atoms with E-state index in [2.05, 4.69) is 10.1 Å². The van der Waals surface area contributed by atoms with Crippen molar-refractivity contribution < 1.29 is 9.90 Å². The molecule has 2 aromatic rings. The molecular weight excluding hydrogens is 289 g/mol. The summed E-state index contributed by atoms with van der Waals surface area (Å²) in [5.74, 6) is -0.832. The molecule has 0 unspecified atom stereocenters. The second-order valence-electron chi connectivity index (χ2n) is 4.26. The third-order valence-electron chi connectivity index (χ3n) is 2.49. The van der Waals surface area contributed by atoms with Crippen molar-refractivity contribution in [2.45, 2.75) is 19.8 Å². The van der Waals surface area contributed by atoms with Crippen molar-refractivity contribution >= 4 is 29.2 Å². The lowest BCUT2D eigenvalue weighted by Gasteiger charge is -2.08. The van der Waals surface area contributed by atoms with E-state index in [-0.39, 0.29) is 11.7 Å². The number of carboxylic acids is 1. The standard InChI is InChI=1S/C12H11Cl2N3O2/c1-6(2)11-15-10(12(18)19)16-17(11)7-3-4-8(13)9(14)5-7/h3-6H,1-2H3,(H,18,19). The molecule has 19 heavy (non-hydrogen) atoms. The predicted molar refractivity (Wildman–Crippen MR) is 72.4 cm³/mol. The maximum atomic E-state index is 11.0. The van der Waals surface area contributed by atoms with E-state index in [4.69, 9.17) is 28.3 Å². The Kier molecular flexibility index (Phi) is 3.78. The summed E-state index contributed by atoms with van der Waals surface area (Å²) >= 11 is 11.8. The number of rotatable bonds is 3. The Morgan fingerprint density at radius 3 is 2.53 bits per heavy atom. The van der Waals surface area contributed by atoms with E-state index < -0.39 is 5.97 Å². The van der Waals surface area contributed by atoms with Crippen LogP contribution >= 0.6 is 23.2 Å². The molecule has 0 atom stereocenters. The zero-order valence-corrected chi connectivity index (χ0v) is 11.8. The number of hydrogen-bond donors (Lipinski definition) is 1. The summed E-state index contributed by atoms with van der Waals surface area (Å²) < 4.78 is 1.47. The number of carbonyl (C=O) groups is 1. The van der Waals surface area contributed by atoms with Gasteiger partial charge in [0.15, 0.2) is 0 Å². The Morgan fingerprint density at radius 2 is 2.00 bits per heavy atom. The van der Waals surface area contributed by atoms with Crippen LogP contribution in [0.3, 0.4) is 0 Å². The van der Waals surface area contributed by atoms with Gasteiger partial charge in [-0.1, -0.05) is 37.0 Å². The first kappa shape index (κ1) is 13.8. The first-order chi connectivity index (χ1) is 8.90. The average molecular weight is 300 g/mol. The van der Waals surface area contributed by atoms with Gasteiger partial charge in [-0.3, -0.25) is 0 Å². The third kappa shape index (κ3) is 2.72. The van der Waals surface area contributed by atoms with Gasteiger partial charge in [0.1, 0.15) is 5.82 Å². The number of benzene rings is 1. The first-order valence-electron chi connectivity index (χ1n) is 5.56. The van der Waals surface area contributed by atoms with Gasteiger partial charge in [-0.05, 0) is 18.2 Å². The van der Waals surface area contributed by atoms with Crippen molar-refractivity contribution in [3.05, 3.63) is 39.9 Å². The minimum Gasteiger partial charge on any atom is -0.475 e. The van der Waals surface area contributed by atoms with Gasteiger partial charge in [-0.2, -0.15) is 0 Å². The lowest BCUT2D eigenvalue weighted by atomic mass is 10.2. The summed E-state index contributed by atoms with van der Waals surface area (Å²) in [6.07, 6.45) is 0. The lowest BCUT2D eigenvalue weighted by molar-refractivity contribution is 0.0683. The Balaban J connectivity index is 2.59. The summed E-state index contributed by atoms with van der Waals surface area (Å²) in [4.78, 5) is 15.0. The van der Waals surface area contributed by atoms with Crippen molar-refractivity contribution in [2.75, 3.05) is 0 Å². The Hall–Kier alpha value is -1.59. The first-order valence-corrected chi connectivity index (χ1v) is 6.31. The van der Waals surface area contributed by atoms with Crippen LogP contribution in [0.4, 0.5) is 0 Å². The predicted octanol–water partition coefficient (Wildman–Crippen LogP) is 3.40. The Bertz CT molecular complexity index is 638. The summed E-state index contributed by atoms with van der Waals surface area (Å²) in [5, 5.41) is 13.7. The third-order valence-corrected chi connectivity index (χ3v) is 3.23. The minimum atomic E-state index is -1.17. The number of carboxylic acid groups (broad SMARTS) is 1. The number of aromatic nitrogens is 3. The van der Waals surface area contributed by atoms with Crippen LogP contribution in [0.5, 0.6) is 0 Å². The number of hydrogen-bond acceptors (Lipinski definition) is 3. The molecular formula is C12H11Cl2N3O2. The molecule has 0 saturated carbocycles. The highest BCUT2D eigenvalue weighted by Gasteiger charge is 2.19. The second kappa shape index (κ2) is 5.19. The molecule has 0 saturated heterocycles. The van der Waals surface area contributed by atoms with Crippen molar-refractivity contribution in [3.63, 3.8) is 0 Å². The van der Waals surface area contributed by atoms with Crippen molar-refractivity contribution in [2.24, 2.45) is 0 Å². The van der Waals surface area contributed by atoms with E-state index >= 15 is 0 Å². The van der Waals surface area contributed by atoms with Crippen LogP contribution in [0.2, 0.25) is 10.0 Å². The monoisotopic (exact) mass is 299 g/mol. The number of nitrogens with zero attached hydrogens (tertiary/aromatic N) is 3. The van der Waals surface area contributed by atoms with E-state index in [0.29, 0.717) is 21.6 Å². The van der Waals surface area contributed by atoms with Gasteiger partial charge in [0.25, 0.3) is 5.82 Å². The van der Waals surface area contributed by atoms with Crippen molar-refractivity contribution in [1.29, 1.82) is 0 Å². The summed E-state index contributed by atoms with van der Waals surface area (Å²) in [7, 11) is 0. The highest BCUT2D eigenvalue weighted by atomic mass is 35.5. The molecule has 1 aromatic heterocycles. The SMILES string of the molecule is CC(C)c1nc(C(=O)O)nn1-c1ccc(Cl)c(Cl)c1. The molecule has 7 heteroatoms. The van der Waals surface area contributed by atoms with Gasteiger partial charge < -0.3 is 5.11 Å².